The van der Waals surface area contributed by atoms with Crippen LogP contribution in [-0.2, 0) is 9.59 Å². The van der Waals surface area contributed by atoms with Crippen LogP contribution in [0.25, 0.3) is 0 Å². The molecule has 0 bridgehead atoms. The summed E-state index contributed by atoms with van der Waals surface area (Å²) < 4.78 is 0. The number of rotatable bonds is 5. The van der Waals surface area contributed by atoms with E-state index in [1.54, 1.807) is 0 Å². The van der Waals surface area contributed by atoms with E-state index in [1.165, 1.54) is 6.92 Å². The summed E-state index contributed by atoms with van der Waals surface area (Å²) in [4.78, 5) is 27.4. The van der Waals surface area contributed by atoms with Crippen LogP contribution in [0.1, 0.15) is 53.9 Å². The molecule has 1 fully saturated rings. The maximum absolute atomic E-state index is 13.3. The lowest BCUT2D eigenvalue weighted by Gasteiger charge is -2.49. The van der Waals surface area contributed by atoms with Crippen LogP contribution in [0, 0.1) is 11.8 Å². The molecule has 1 aliphatic rings. The van der Waals surface area contributed by atoms with Gasteiger partial charge in [-0.15, -0.1) is 6.58 Å². The molecule has 2 amide bonds. The van der Waals surface area contributed by atoms with E-state index >= 15 is 0 Å². The molecular weight excluding hydrogens is 302 g/mol. The molecule has 138 valence electrons. The van der Waals surface area contributed by atoms with Crippen LogP contribution in [0.5, 0.6) is 0 Å². The van der Waals surface area contributed by atoms with Gasteiger partial charge in [0, 0.05) is 24.4 Å². The zero-order chi connectivity index (χ0) is 18.7. The van der Waals surface area contributed by atoms with Gasteiger partial charge in [0.1, 0.15) is 5.54 Å². The first-order valence-electron chi connectivity index (χ1n) is 8.83. The number of amides is 2. The van der Waals surface area contributed by atoms with Gasteiger partial charge in [0.15, 0.2) is 0 Å². The van der Waals surface area contributed by atoms with Gasteiger partial charge in [-0.1, -0.05) is 6.08 Å². The van der Waals surface area contributed by atoms with Gasteiger partial charge in [0.05, 0.1) is 0 Å². The number of nitrogens with zero attached hydrogens (tertiary/aromatic N) is 1. The predicted octanol–water partition coefficient (Wildman–Crippen LogP) is 2.33. The smallest absolute Gasteiger partial charge is 0.246 e. The molecular formula is C19H35N3O2. The molecule has 0 aromatic rings. The lowest BCUT2D eigenvalue weighted by Crippen LogP contribution is -2.69. The maximum atomic E-state index is 13.3. The quantitative estimate of drug-likeness (QED) is 0.757. The average Bonchev–Trinajstić information content (AvgIpc) is 2.43. The largest absolute Gasteiger partial charge is 0.349 e. The maximum Gasteiger partial charge on any atom is 0.246 e. The van der Waals surface area contributed by atoms with Crippen LogP contribution in [0.15, 0.2) is 12.7 Å². The summed E-state index contributed by atoms with van der Waals surface area (Å²) in [5.41, 5.74) is -1.25. The van der Waals surface area contributed by atoms with Gasteiger partial charge in [0.25, 0.3) is 0 Å². The molecule has 4 atom stereocenters. The molecule has 0 aromatic carbocycles. The monoisotopic (exact) mass is 337 g/mol. The Morgan fingerprint density at radius 1 is 1.29 bits per heavy atom. The van der Waals surface area contributed by atoms with Crippen molar-refractivity contribution in [2.75, 3.05) is 14.1 Å². The van der Waals surface area contributed by atoms with Gasteiger partial charge in [-0.3, -0.25) is 9.59 Å². The third-order valence-corrected chi connectivity index (χ3v) is 5.09. The molecule has 5 heteroatoms. The van der Waals surface area contributed by atoms with Gasteiger partial charge in [-0.2, -0.15) is 0 Å². The SMILES string of the molecule is C=C[C@@H]1CC[C@@H](C(C)N(C)C)[C@@](NC(C)=O)(C(=O)NC(C)(C)C)C1. The summed E-state index contributed by atoms with van der Waals surface area (Å²) in [6, 6.07) is 0.174. The molecule has 1 aliphatic carbocycles. The van der Waals surface area contributed by atoms with Crippen LogP contribution >= 0.6 is 0 Å². The second kappa shape index (κ2) is 7.68. The highest BCUT2D eigenvalue weighted by Crippen LogP contribution is 2.41. The molecule has 0 radical (unpaired) electrons. The van der Waals surface area contributed by atoms with Crippen LogP contribution < -0.4 is 10.6 Å². The highest BCUT2D eigenvalue weighted by Gasteiger charge is 2.52. The average molecular weight is 338 g/mol. The normalized spacial score (nSPS) is 29.0. The third kappa shape index (κ3) is 4.82. The minimum absolute atomic E-state index is 0.0509. The van der Waals surface area contributed by atoms with Gasteiger partial charge < -0.3 is 15.5 Å². The Hall–Kier alpha value is -1.36. The summed E-state index contributed by atoms with van der Waals surface area (Å²) in [6.45, 7) is 13.4. The number of allylic oxidation sites excluding steroid dienone is 1. The Morgan fingerprint density at radius 2 is 1.88 bits per heavy atom. The van der Waals surface area contributed by atoms with Crippen molar-refractivity contribution in [3.05, 3.63) is 12.7 Å². The summed E-state index contributed by atoms with van der Waals surface area (Å²) >= 11 is 0. The Kier molecular flexibility index (Phi) is 6.62. The first-order valence-corrected chi connectivity index (χ1v) is 8.83. The summed E-state index contributed by atoms with van der Waals surface area (Å²) in [7, 11) is 4.04. The Morgan fingerprint density at radius 3 is 2.29 bits per heavy atom. The second-order valence-corrected chi connectivity index (χ2v) is 8.44. The van der Waals surface area contributed by atoms with Crippen molar-refractivity contribution in [3.63, 3.8) is 0 Å². The third-order valence-electron chi connectivity index (χ3n) is 5.09. The van der Waals surface area contributed by atoms with E-state index in [9.17, 15) is 9.59 Å². The lowest BCUT2D eigenvalue weighted by molar-refractivity contribution is -0.140. The molecule has 5 nitrogen and oxygen atoms in total. The zero-order valence-electron chi connectivity index (χ0n) is 16.4. The molecule has 0 heterocycles. The van der Waals surface area contributed by atoms with Crippen molar-refractivity contribution in [2.45, 2.75) is 71.0 Å². The van der Waals surface area contributed by atoms with Gasteiger partial charge in [-0.25, -0.2) is 0 Å². The molecule has 0 aromatic heterocycles. The highest BCUT2D eigenvalue weighted by molar-refractivity contribution is 5.92. The molecule has 0 saturated heterocycles. The number of hydrogen-bond donors (Lipinski definition) is 2. The number of carbonyl (C=O) groups is 2. The van der Waals surface area contributed by atoms with Crippen LogP contribution in [-0.4, -0.2) is 47.9 Å². The van der Waals surface area contributed by atoms with Crippen LogP contribution in [0.2, 0.25) is 0 Å². The van der Waals surface area contributed by atoms with Gasteiger partial charge in [0.2, 0.25) is 11.8 Å². The molecule has 24 heavy (non-hydrogen) atoms. The molecule has 1 saturated carbocycles. The van der Waals surface area contributed by atoms with E-state index in [0.717, 1.165) is 12.8 Å². The fraction of sp³-hybridized carbons (Fsp3) is 0.789. The minimum Gasteiger partial charge on any atom is -0.349 e. The standard InChI is InChI=1S/C19H35N3O2/c1-9-15-10-11-16(13(2)22(7)8)19(12-15,20-14(3)23)17(24)21-18(4,5)6/h9,13,15-16H,1,10-12H2,2-8H3,(H,20,23)(H,21,24)/t13?,15-,16+,19-/m1/s1. The van der Waals surface area contributed by atoms with Gasteiger partial charge in [-0.05, 0) is 67.0 Å². The van der Waals surface area contributed by atoms with Crippen molar-refractivity contribution < 1.29 is 9.59 Å². The van der Waals surface area contributed by atoms with E-state index < -0.39 is 5.54 Å². The first kappa shape index (κ1) is 20.7. The zero-order valence-corrected chi connectivity index (χ0v) is 16.4. The molecule has 0 spiro atoms. The van der Waals surface area contributed by atoms with Crippen molar-refractivity contribution in [2.24, 2.45) is 11.8 Å². The van der Waals surface area contributed by atoms with E-state index in [4.69, 9.17) is 0 Å². The number of hydrogen-bond acceptors (Lipinski definition) is 3. The Labute approximate surface area is 147 Å². The summed E-state index contributed by atoms with van der Waals surface area (Å²) in [6.07, 6.45) is 4.39. The van der Waals surface area contributed by atoms with Gasteiger partial charge >= 0.3 is 0 Å². The second-order valence-electron chi connectivity index (χ2n) is 8.44. The Bertz CT molecular complexity index is 481. The van der Waals surface area contributed by atoms with Crippen molar-refractivity contribution in [1.29, 1.82) is 0 Å². The van der Waals surface area contributed by atoms with E-state index in [-0.39, 0.29) is 35.2 Å². The van der Waals surface area contributed by atoms with E-state index in [1.807, 2.05) is 40.9 Å². The molecule has 0 aliphatic heterocycles. The molecule has 1 unspecified atom stereocenters. The van der Waals surface area contributed by atoms with E-state index in [2.05, 4.69) is 29.0 Å². The fourth-order valence-corrected chi connectivity index (χ4v) is 3.75. The lowest BCUT2D eigenvalue weighted by atomic mass is 9.65. The first-order chi connectivity index (χ1) is 10.9. The van der Waals surface area contributed by atoms with Crippen molar-refractivity contribution in [1.82, 2.24) is 15.5 Å². The number of carbonyl (C=O) groups excluding carboxylic acids is 2. The number of nitrogens with one attached hydrogen (secondary N) is 2. The Balaban J connectivity index is 3.35. The highest BCUT2D eigenvalue weighted by atomic mass is 16.2. The van der Waals surface area contributed by atoms with Crippen LogP contribution in [0.4, 0.5) is 0 Å². The van der Waals surface area contributed by atoms with E-state index in [0.29, 0.717) is 6.42 Å². The van der Waals surface area contributed by atoms with Crippen molar-refractivity contribution in [3.8, 4) is 0 Å². The van der Waals surface area contributed by atoms with Crippen molar-refractivity contribution >= 4 is 11.8 Å². The summed E-state index contributed by atoms with van der Waals surface area (Å²) in [5.74, 6) is 0.0262. The minimum atomic E-state index is -0.903. The molecule has 2 N–H and O–H groups in total. The topological polar surface area (TPSA) is 61.4 Å². The van der Waals surface area contributed by atoms with Crippen LogP contribution in [0.3, 0.4) is 0 Å². The summed E-state index contributed by atoms with van der Waals surface area (Å²) in [5, 5.41) is 6.14. The molecule has 1 rings (SSSR count). The predicted molar refractivity (Wildman–Crippen MR) is 98.6 cm³/mol. The fourth-order valence-electron chi connectivity index (χ4n) is 3.75.